The first-order valence-electron chi connectivity index (χ1n) is 10.4. The second kappa shape index (κ2) is 7.68. The Bertz CT molecular complexity index is 1360. The van der Waals surface area contributed by atoms with Crippen LogP contribution in [0.15, 0.2) is 97.1 Å². The number of rotatable bonds is 4. The summed E-state index contributed by atoms with van der Waals surface area (Å²) in [6.45, 7) is 2.08. The Balaban J connectivity index is 1.47. The van der Waals surface area contributed by atoms with Crippen molar-refractivity contribution in [3.8, 4) is 5.75 Å². The molecule has 0 heterocycles. The van der Waals surface area contributed by atoms with Crippen molar-refractivity contribution in [2.24, 2.45) is 0 Å². The Morgan fingerprint density at radius 3 is 1.70 bits per heavy atom. The summed E-state index contributed by atoms with van der Waals surface area (Å²) in [6.07, 6.45) is 1.45. The zero-order valence-electron chi connectivity index (χ0n) is 17.1. The third-order valence-electron chi connectivity index (χ3n) is 6.00. The molecule has 146 valence electrons. The van der Waals surface area contributed by atoms with Crippen LogP contribution >= 0.6 is 0 Å². The Morgan fingerprint density at radius 1 is 0.567 bits per heavy atom. The van der Waals surface area contributed by atoms with Crippen LogP contribution < -0.4 is 0 Å². The molecule has 0 saturated carbocycles. The summed E-state index contributed by atoms with van der Waals surface area (Å²) in [6, 6.07) is 34.1. The van der Waals surface area contributed by atoms with Gasteiger partial charge in [0, 0.05) is 18.4 Å². The number of hydrogen-bond acceptors (Lipinski definition) is 1. The number of phenols is 1. The molecule has 1 nitrogen and oxygen atoms in total. The summed E-state index contributed by atoms with van der Waals surface area (Å²) in [4.78, 5) is 0. The molecule has 0 radical (unpaired) electrons. The predicted octanol–water partition coefficient (Wildman–Crippen LogP) is 7.19. The van der Waals surface area contributed by atoms with Crippen LogP contribution in [0.1, 0.15) is 27.8 Å². The van der Waals surface area contributed by atoms with Crippen molar-refractivity contribution in [1.29, 1.82) is 0 Å². The van der Waals surface area contributed by atoms with Gasteiger partial charge in [-0.3, -0.25) is 0 Å². The van der Waals surface area contributed by atoms with Gasteiger partial charge in [-0.1, -0.05) is 97.1 Å². The lowest BCUT2D eigenvalue weighted by molar-refractivity contribution is 0.463. The van der Waals surface area contributed by atoms with Crippen molar-refractivity contribution in [1.82, 2.24) is 0 Å². The number of hydrogen-bond donors (Lipinski definition) is 1. The van der Waals surface area contributed by atoms with E-state index < -0.39 is 0 Å². The minimum Gasteiger partial charge on any atom is -0.507 e. The Morgan fingerprint density at radius 2 is 1.10 bits per heavy atom. The summed E-state index contributed by atoms with van der Waals surface area (Å²) in [7, 11) is 0. The van der Waals surface area contributed by atoms with E-state index in [4.69, 9.17) is 0 Å². The van der Waals surface area contributed by atoms with Crippen molar-refractivity contribution in [3.05, 3.63) is 125 Å². The fourth-order valence-corrected chi connectivity index (χ4v) is 4.27. The van der Waals surface area contributed by atoms with Crippen LogP contribution in [-0.2, 0) is 12.8 Å². The summed E-state index contributed by atoms with van der Waals surface area (Å²) in [5.74, 6) is 0.427. The summed E-state index contributed by atoms with van der Waals surface area (Å²) >= 11 is 0. The van der Waals surface area contributed by atoms with Crippen LogP contribution in [-0.4, -0.2) is 5.11 Å². The van der Waals surface area contributed by atoms with E-state index in [9.17, 15) is 5.11 Å². The van der Waals surface area contributed by atoms with Crippen molar-refractivity contribution in [2.45, 2.75) is 19.8 Å². The van der Waals surface area contributed by atoms with E-state index in [0.717, 1.165) is 29.5 Å². The Labute approximate surface area is 177 Å². The molecule has 1 heteroatoms. The summed E-state index contributed by atoms with van der Waals surface area (Å²) < 4.78 is 0. The third kappa shape index (κ3) is 3.55. The van der Waals surface area contributed by atoms with E-state index in [1.165, 1.54) is 32.7 Å². The molecule has 30 heavy (non-hydrogen) atoms. The zero-order chi connectivity index (χ0) is 20.5. The summed E-state index contributed by atoms with van der Waals surface area (Å²) in [5, 5.41) is 16.1. The molecule has 0 unspecified atom stereocenters. The predicted molar refractivity (Wildman–Crippen MR) is 126 cm³/mol. The quantitative estimate of drug-likeness (QED) is 0.345. The average molecular weight is 389 g/mol. The van der Waals surface area contributed by atoms with Gasteiger partial charge in [0.2, 0.25) is 0 Å². The number of aryl methyl sites for hydroxylation is 1. The van der Waals surface area contributed by atoms with Crippen molar-refractivity contribution < 1.29 is 5.11 Å². The van der Waals surface area contributed by atoms with E-state index in [2.05, 4.69) is 104 Å². The highest BCUT2D eigenvalue weighted by Crippen LogP contribution is 2.31. The van der Waals surface area contributed by atoms with E-state index in [1.807, 2.05) is 0 Å². The van der Waals surface area contributed by atoms with Crippen LogP contribution in [0.25, 0.3) is 21.5 Å². The van der Waals surface area contributed by atoms with Crippen molar-refractivity contribution in [2.75, 3.05) is 0 Å². The van der Waals surface area contributed by atoms with E-state index in [1.54, 1.807) is 0 Å². The highest BCUT2D eigenvalue weighted by Gasteiger charge is 2.12. The molecule has 0 bridgehead atoms. The largest absolute Gasteiger partial charge is 0.507 e. The highest BCUT2D eigenvalue weighted by atomic mass is 16.3. The molecule has 0 fully saturated rings. The first kappa shape index (κ1) is 18.4. The molecule has 0 aliphatic heterocycles. The van der Waals surface area contributed by atoms with Crippen molar-refractivity contribution >= 4 is 21.5 Å². The molecular weight excluding hydrogens is 364 g/mol. The monoisotopic (exact) mass is 388 g/mol. The molecule has 0 aromatic heterocycles. The molecule has 0 aliphatic rings. The Hall–Kier alpha value is -3.58. The fourth-order valence-electron chi connectivity index (χ4n) is 4.27. The first-order valence-corrected chi connectivity index (χ1v) is 10.4. The second-order valence-electron chi connectivity index (χ2n) is 8.09. The molecule has 5 aromatic rings. The maximum absolute atomic E-state index is 11.1. The Kier molecular flexibility index (Phi) is 4.72. The zero-order valence-corrected chi connectivity index (χ0v) is 17.1. The van der Waals surface area contributed by atoms with Crippen LogP contribution in [0.4, 0.5) is 0 Å². The SMILES string of the molecule is Cc1ccc(Cc2ccc3ccccc3c2)c(O)c1Cc1ccc2ccccc2c1. The van der Waals surface area contributed by atoms with Crippen LogP contribution in [0, 0.1) is 6.92 Å². The molecule has 0 spiro atoms. The van der Waals surface area contributed by atoms with Gasteiger partial charge >= 0.3 is 0 Å². The minimum absolute atomic E-state index is 0.427. The van der Waals surface area contributed by atoms with Gasteiger partial charge in [-0.25, -0.2) is 0 Å². The van der Waals surface area contributed by atoms with Crippen LogP contribution in [0.2, 0.25) is 0 Å². The lowest BCUT2D eigenvalue weighted by Crippen LogP contribution is -1.98. The smallest absolute Gasteiger partial charge is 0.122 e. The molecule has 1 N–H and O–H groups in total. The van der Waals surface area contributed by atoms with Crippen molar-refractivity contribution in [3.63, 3.8) is 0 Å². The molecule has 5 aromatic carbocycles. The minimum atomic E-state index is 0.427. The van der Waals surface area contributed by atoms with Gasteiger partial charge in [0.1, 0.15) is 5.75 Å². The number of phenolic OH excluding ortho intramolecular Hbond substituents is 1. The van der Waals surface area contributed by atoms with Crippen LogP contribution in [0.5, 0.6) is 5.75 Å². The van der Waals surface area contributed by atoms with Crippen LogP contribution in [0.3, 0.4) is 0 Å². The van der Waals surface area contributed by atoms with E-state index in [-0.39, 0.29) is 0 Å². The number of fused-ring (bicyclic) bond motifs is 2. The van der Waals surface area contributed by atoms with Gasteiger partial charge in [0.15, 0.2) is 0 Å². The molecule has 0 saturated heterocycles. The normalized spacial score (nSPS) is 11.2. The van der Waals surface area contributed by atoms with Gasteiger partial charge in [-0.05, 0) is 50.7 Å². The van der Waals surface area contributed by atoms with Gasteiger partial charge in [0.25, 0.3) is 0 Å². The maximum atomic E-state index is 11.1. The molecule has 0 amide bonds. The molecule has 0 atom stereocenters. The fraction of sp³-hybridized carbons (Fsp3) is 0.103. The third-order valence-corrected chi connectivity index (χ3v) is 6.00. The van der Waals surface area contributed by atoms with E-state index >= 15 is 0 Å². The molecule has 5 rings (SSSR count). The summed E-state index contributed by atoms with van der Waals surface area (Å²) in [5.41, 5.74) is 5.55. The lowest BCUT2D eigenvalue weighted by atomic mass is 9.93. The average Bonchev–Trinajstić information content (AvgIpc) is 2.78. The number of aromatic hydroxyl groups is 1. The van der Waals surface area contributed by atoms with Gasteiger partial charge < -0.3 is 5.11 Å². The lowest BCUT2D eigenvalue weighted by Gasteiger charge is -2.14. The number of benzene rings is 5. The first-order chi connectivity index (χ1) is 14.7. The van der Waals surface area contributed by atoms with Gasteiger partial charge in [-0.2, -0.15) is 0 Å². The van der Waals surface area contributed by atoms with Gasteiger partial charge in [0.05, 0.1) is 0 Å². The maximum Gasteiger partial charge on any atom is 0.122 e. The molecular formula is C29H24O. The highest BCUT2D eigenvalue weighted by molar-refractivity contribution is 5.84. The second-order valence-corrected chi connectivity index (χ2v) is 8.09. The van der Waals surface area contributed by atoms with Gasteiger partial charge in [-0.15, -0.1) is 0 Å². The van der Waals surface area contributed by atoms with E-state index in [0.29, 0.717) is 5.75 Å². The standard InChI is InChI=1S/C29H24O/c1-20-10-13-27(18-21-11-14-23-6-2-4-8-25(23)16-21)29(30)28(20)19-22-12-15-24-7-3-5-9-26(24)17-22/h2-17,30H,18-19H2,1H3. The topological polar surface area (TPSA) is 20.2 Å². The molecule has 0 aliphatic carbocycles.